The van der Waals surface area contributed by atoms with Crippen LogP contribution >= 0.6 is 0 Å². The Morgan fingerprint density at radius 2 is 2.06 bits per heavy atom. The Labute approximate surface area is 109 Å². The van der Waals surface area contributed by atoms with Crippen molar-refractivity contribution < 1.29 is 14.3 Å². The zero-order valence-corrected chi connectivity index (χ0v) is 11.8. The van der Waals surface area contributed by atoms with Crippen molar-refractivity contribution in [3.05, 3.63) is 0 Å². The zero-order chi connectivity index (χ0) is 13.8. The lowest BCUT2D eigenvalue weighted by molar-refractivity contribution is -0.131. The molecular weight excluding hydrogens is 232 g/mol. The monoisotopic (exact) mass is 256 g/mol. The first-order valence-electron chi connectivity index (χ1n) is 6.60. The molecule has 0 radical (unpaired) electrons. The Morgan fingerprint density at radius 1 is 1.39 bits per heavy atom. The zero-order valence-electron chi connectivity index (χ0n) is 11.8. The van der Waals surface area contributed by atoms with Crippen molar-refractivity contribution in [3.63, 3.8) is 0 Å². The summed E-state index contributed by atoms with van der Waals surface area (Å²) in [5, 5.41) is 2.74. The first kappa shape index (κ1) is 14.8. The van der Waals surface area contributed by atoms with Gasteiger partial charge in [0.1, 0.15) is 5.60 Å². The van der Waals surface area contributed by atoms with Gasteiger partial charge in [0.2, 0.25) is 5.91 Å². The molecule has 0 aromatic carbocycles. The summed E-state index contributed by atoms with van der Waals surface area (Å²) in [4.78, 5) is 25.1. The highest BCUT2D eigenvalue weighted by atomic mass is 16.6. The fourth-order valence-corrected chi connectivity index (χ4v) is 2.09. The molecule has 5 heteroatoms. The number of ether oxygens (including phenoxy) is 1. The van der Waals surface area contributed by atoms with Crippen LogP contribution in [0.25, 0.3) is 0 Å². The lowest BCUT2D eigenvalue weighted by atomic mass is 10.2. The van der Waals surface area contributed by atoms with Crippen molar-refractivity contribution in [1.82, 2.24) is 10.2 Å². The molecule has 1 N–H and O–H groups in total. The van der Waals surface area contributed by atoms with Crippen molar-refractivity contribution in [2.45, 2.75) is 58.6 Å². The van der Waals surface area contributed by atoms with Crippen LogP contribution in [0.3, 0.4) is 0 Å². The molecule has 0 aromatic rings. The van der Waals surface area contributed by atoms with Crippen molar-refractivity contribution in [1.29, 1.82) is 0 Å². The molecule has 0 spiro atoms. The predicted octanol–water partition coefficient (Wildman–Crippen LogP) is 1.91. The molecule has 0 bridgehead atoms. The number of carbonyl (C=O) groups is 2. The maximum atomic E-state index is 11.7. The van der Waals surface area contributed by atoms with Crippen LogP contribution < -0.4 is 5.32 Å². The fraction of sp³-hybridized carbons (Fsp3) is 0.846. The minimum Gasteiger partial charge on any atom is -0.444 e. The van der Waals surface area contributed by atoms with E-state index in [0.29, 0.717) is 13.0 Å². The summed E-state index contributed by atoms with van der Waals surface area (Å²) < 4.78 is 5.17. The smallest absolute Gasteiger partial charge is 0.407 e. The van der Waals surface area contributed by atoms with Gasteiger partial charge in [0.15, 0.2) is 0 Å². The summed E-state index contributed by atoms with van der Waals surface area (Å²) >= 11 is 0. The third kappa shape index (κ3) is 4.55. The highest BCUT2D eigenvalue weighted by Crippen LogP contribution is 2.17. The van der Waals surface area contributed by atoms with E-state index in [1.54, 1.807) is 0 Å². The number of amides is 2. The largest absolute Gasteiger partial charge is 0.444 e. The quantitative estimate of drug-likeness (QED) is 0.839. The van der Waals surface area contributed by atoms with Gasteiger partial charge in [-0.3, -0.25) is 4.79 Å². The molecule has 5 nitrogen and oxygen atoms in total. The van der Waals surface area contributed by atoms with E-state index in [2.05, 4.69) is 5.32 Å². The molecule has 0 aliphatic carbocycles. The molecule has 1 atom stereocenters. The Kier molecular flexibility index (Phi) is 4.99. The van der Waals surface area contributed by atoms with Crippen LogP contribution in [0.2, 0.25) is 0 Å². The number of hydrogen-bond acceptors (Lipinski definition) is 3. The third-order valence-corrected chi connectivity index (χ3v) is 2.88. The molecule has 1 aliphatic heterocycles. The molecule has 0 aromatic heterocycles. The molecule has 1 rings (SSSR count). The van der Waals surface area contributed by atoms with Gasteiger partial charge in [0.25, 0.3) is 0 Å². The van der Waals surface area contributed by atoms with Crippen LogP contribution in [0, 0.1) is 0 Å². The van der Waals surface area contributed by atoms with Crippen LogP contribution in [-0.2, 0) is 9.53 Å². The standard InChI is InChI=1S/C13H24N2O3/c1-5-11(16)15-8-6-7-10(15)9-14-12(17)18-13(2,3)4/h10H,5-9H2,1-4H3,(H,14,17). The van der Waals surface area contributed by atoms with E-state index < -0.39 is 11.7 Å². The van der Waals surface area contributed by atoms with E-state index in [4.69, 9.17) is 4.74 Å². The number of carbonyl (C=O) groups excluding carboxylic acids is 2. The normalized spacial score (nSPS) is 19.8. The Balaban J connectivity index is 2.38. The molecule has 1 fully saturated rings. The predicted molar refractivity (Wildman–Crippen MR) is 69.3 cm³/mol. The average Bonchev–Trinajstić information content (AvgIpc) is 2.71. The molecule has 1 heterocycles. The van der Waals surface area contributed by atoms with E-state index in [1.165, 1.54) is 0 Å². The highest BCUT2D eigenvalue weighted by molar-refractivity contribution is 5.76. The topological polar surface area (TPSA) is 58.6 Å². The average molecular weight is 256 g/mol. The summed E-state index contributed by atoms with van der Waals surface area (Å²) in [5.41, 5.74) is -0.487. The Morgan fingerprint density at radius 3 is 2.61 bits per heavy atom. The third-order valence-electron chi connectivity index (χ3n) is 2.88. The second kappa shape index (κ2) is 6.07. The van der Waals surface area contributed by atoms with Crippen LogP contribution in [0.1, 0.15) is 47.0 Å². The molecule has 0 saturated carbocycles. The van der Waals surface area contributed by atoms with Crippen LogP contribution in [0.4, 0.5) is 4.79 Å². The molecule has 2 amide bonds. The van der Waals surface area contributed by atoms with Gasteiger partial charge in [-0.2, -0.15) is 0 Å². The van der Waals surface area contributed by atoms with Gasteiger partial charge in [0.05, 0.1) is 0 Å². The number of likely N-dealkylation sites (tertiary alicyclic amines) is 1. The lowest BCUT2D eigenvalue weighted by Crippen LogP contribution is -2.44. The van der Waals surface area contributed by atoms with E-state index in [-0.39, 0.29) is 11.9 Å². The number of hydrogen-bond donors (Lipinski definition) is 1. The minimum atomic E-state index is -0.487. The summed E-state index contributed by atoms with van der Waals surface area (Å²) in [5.74, 6) is 0.156. The van der Waals surface area contributed by atoms with Gasteiger partial charge in [-0.15, -0.1) is 0 Å². The number of rotatable bonds is 3. The molecule has 1 aliphatic rings. The number of nitrogens with one attached hydrogen (secondary N) is 1. The van der Waals surface area contributed by atoms with Crippen molar-refractivity contribution in [2.24, 2.45) is 0 Å². The van der Waals surface area contributed by atoms with Crippen LogP contribution in [-0.4, -0.2) is 41.6 Å². The minimum absolute atomic E-state index is 0.116. The first-order chi connectivity index (χ1) is 8.33. The number of alkyl carbamates (subject to hydrolysis) is 1. The summed E-state index contributed by atoms with van der Waals surface area (Å²) in [6, 6.07) is 0.116. The lowest BCUT2D eigenvalue weighted by Gasteiger charge is -2.25. The molecule has 18 heavy (non-hydrogen) atoms. The van der Waals surface area contributed by atoms with Crippen LogP contribution in [0.15, 0.2) is 0 Å². The Hall–Kier alpha value is -1.26. The molecule has 1 unspecified atom stereocenters. The Bertz CT molecular complexity index is 310. The van der Waals surface area contributed by atoms with Gasteiger partial charge in [-0.1, -0.05) is 6.92 Å². The molecule has 104 valence electrons. The van der Waals surface area contributed by atoms with Crippen molar-refractivity contribution >= 4 is 12.0 Å². The highest BCUT2D eigenvalue weighted by Gasteiger charge is 2.28. The van der Waals surface area contributed by atoms with E-state index in [0.717, 1.165) is 19.4 Å². The fourth-order valence-electron chi connectivity index (χ4n) is 2.09. The maximum Gasteiger partial charge on any atom is 0.407 e. The first-order valence-corrected chi connectivity index (χ1v) is 6.60. The molecule has 1 saturated heterocycles. The van der Waals surface area contributed by atoms with Crippen molar-refractivity contribution in [2.75, 3.05) is 13.1 Å². The van der Waals surface area contributed by atoms with Gasteiger partial charge in [-0.25, -0.2) is 4.79 Å². The second-order valence-electron chi connectivity index (χ2n) is 5.62. The van der Waals surface area contributed by atoms with Crippen molar-refractivity contribution in [3.8, 4) is 0 Å². The van der Waals surface area contributed by atoms with Gasteiger partial charge >= 0.3 is 6.09 Å². The van der Waals surface area contributed by atoms with Gasteiger partial charge in [-0.05, 0) is 33.6 Å². The summed E-state index contributed by atoms with van der Waals surface area (Å²) in [7, 11) is 0. The SMILES string of the molecule is CCC(=O)N1CCCC1CNC(=O)OC(C)(C)C. The summed E-state index contributed by atoms with van der Waals surface area (Å²) in [6.45, 7) is 8.62. The van der Waals surface area contributed by atoms with Crippen LogP contribution in [0.5, 0.6) is 0 Å². The van der Waals surface area contributed by atoms with Gasteiger partial charge in [0, 0.05) is 25.6 Å². The summed E-state index contributed by atoms with van der Waals surface area (Å²) in [6.07, 6.45) is 2.05. The molecular formula is C13H24N2O3. The van der Waals surface area contributed by atoms with E-state index in [9.17, 15) is 9.59 Å². The second-order valence-corrected chi connectivity index (χ2v) is 5.62. The van der Waals surface area contributed by atoms with E-state index in [1.807, 2.05) is 32.6 Å². The number of nitrogens with zero attached hydrogens (tertiary/aromatic N) is 1. The van der Waals surface area contributed by atoms with E-state index >= 15 is 0 Å². The van der Waals surface area contributed by atoms with Gasteiger partial charge < -0.3 is 15.0 Å². The maximum absolute atomic E-state index is 11.7.